The van der Waals surface area contributed by atoms with Gasteiger partial charge in [-0.05, 0) is 31.0 Å². The largest absolute Gasteiger partial charge is 0.493 e. The van der Waals surface area contributed by atoms with Gasteiger partial charge < -0.3 is 29.7 Å². The summed E-state index contributed by atoms with van der Waals surface area (Å²) >= 11 is 0. The maximum absolute atomic E-state index is 13.9. The van der Waals surface area contributed by atoms with Crippen LogP contribution in [0.1, 0.15) is 12.8 Å². The molecule has 0 radical (unpaired) electrons. The third-order valence-electron chi connectivity index (χ3n) is 6.74. The number of carbonyl (C=O) groups excluding carboxylic acids is 1. The van der Waals surface area contributed by atoms with Crippen LogP contribution < -0.4 is 20.1 Å². The summed E-state index contributed by atoms with van der Waals surface area (Å²) < 4.78 is 45.7. The lowest BCUT2D eigenvalue weighted by Crippen LogP contribution is -2.38. The Hall–Kier alpha value is -4.96. The number of benzene rings is 2. The normalized spacial score (nSPS) is 13.4. The van der Waals surface area contributed by atoms with E-state index < -0.39 is 17.5 Å². The first-order valence-corrected chi connectivity index (χ1v) is 13.2. The average molecular weight is 578 g/mol. The molecule has 1 aliphatic heterocycles. The van der Waals surface area contributed by atoms with Gasteiger partial charge in [0.2, 0.25) is 5.91 Å². The van der Waals surface area contributed by atoms with Crippen molar-refractivity contribution >= 4 is 34.0 Å². The van der Waals surface area contributed by atoms with Crippen LogP contribution in [0.2, 0.25) is 0 Å². The van der Waals surface area contributed by atoms with Crippen molar-refractivity contribution in [3.63, 3.8) is 0 Å². The number of aromatic nitrogens is 4. The minimum atomic E-state index is -1.13. The summed E-state index contributed by atoms with van der Waals surface area (Å²) in [5.74, 6) is -1.25. The molecule has 13 heteroatoms. The highest BCUT2D eigenvalue weighted by Gasteiger charge is 2.20. The average Bonchev–Trinajstić information content (AvgIpc) is 3.44. The van der Waals surface area contributed by atoms with Crippen molar-refractivity contribution in [3.05, 3.63) is 60.7 Å². The topological polar surface area (TPSA) is 116 Å². The predicted molar refractivity (Wildman–Crippen MR) is 151 cm³/mol. The van der Waals surface area contributed by atoms with E-state index in [2.05, 4.69) is 31.7 Å². The Bertz CT molecular complexity index is 1600. The summed E-state index contributed by atoms with van der Waals surface area (Å²) in [4.78, 5) is 23.0. The van der Waals surface area contributed by atoms with Crippen molar-refractivity contribution in [1.82, 2.24) is 24.6 Å². The summed E-state index contributed by atoms with van der Waals surface area (Å²) in [6.45, 7) is 2.09. The van der Waals surface area contributed by atoms with Crippen LogP contribution in [-0.2, 0) is 16.1 Å². The monoisotopic (exact) mass is 577 g/mol. The van der Waals surface area contributed by atoms with E-state index in [1.54, 1.807) is 25.4 Å². The molecule has 1 aliphatic rings. The minimum Gasteiger partial charge on any atom is -0.493 e. The second-order valence-electron chi connectivity index (χ2n) is 9.46. The number of hydrogen-bond acceptors (Lipinski definition) is 9. The number of amides is 1. The van der Waals surface area contributed by atoms with Crippen LogP contribution in [0.4, 0.5) is 26.0 Å². The fourth-order valence-corrected chi connectivity index (χ4v) is 4.63. The van der Waals surface area contributed by atoms with Crippen LogP contribution >= 0.6 is 0 Å². The molecule has 5 rings (SSSR count). The molecule has 4 aromatic rings. The van der Waals surface area contributed by atoms with E-state index in [-0.39, 0.29) is 18.3 Å². The molecule has 1 saturated heterocycles. The molecule has 11 nitrogen and oxygen atoms in total. The van der Waals surface area contributed by atoms with Gasteiger partial charge in [-0.1, -0.05) is 12.5 Å². The summed E-state index contributed by atoms with van der Waals surface area (Å²) in [5, 5.41) is 10.3. The Morgan fingerprint density at radius 3 is 2.86 bits per heavy atom. The molecule has 0 atom stereocenters. The van der Waals surface area contributed by atoms with Crippen molar-refractivity contribution in [3.8, 4) is 24.0 Å². The molecule has 2 aromatic heterocycles. The Morgan fingerprint density at radius 1 is 1.24 bits per heavy atom. The first-order valence-electron chi connectivity index (χ1n) is 13.2. The van der Waals surface area contributed by atoms with Crippen LogP contribution in [0, 0.1) is 24.1 Å². The van der Waals surface area contributed by atoms with Gasteiger partial charge >= 0.3 is 0 Å². The van der Waals surface area contributed by atoms with Gasteiger partial charge in [-0.3, -0.25) is 9.48 Å². The van der Waals surface area contributed by atoms with Crippen molar-refractivity contribution < 1.29 is 27.8 Å². The van der Waals surface area contributed by atoms with Gasteiger partial charge in [-0.15, -0.1) is 0 Å². The van der Waals surface area contributed by atoms with E-state index in [9.17, 15) is 13.6 Å². The fraction of sp³-hybridized carbons (Fsp3) is 0.310. The maximum atomic E-state index is 13.9. The predicted octanol–water partition coefficient (Wildman–Crippen LogP) is 3.95. The second kappa shape index (κ2) is 13.1. The van der Waals surface area contributed by atoms with E-state index in [1.165, 1.54) is 29.3 Å². The molecule has 42 heavy (non-hydrogen) atoms. The third-order valence-corrected chi connectivity index (χ3v) is 6.74. The lowest BCUT2D eigenvalue weighted by molar-refractivity contribution is -0.116. The van der Waals surface area contributed by atoms with Crippen molar-refractivity contribution in [1.29, 1.82) is 0 Å². The Balaban J connectivity index is 1.24. The van der Waals surface area contributed by atoms with E-state index in [4.69, 9.17) is 20.6 Å². The molecule has 0 bridgehead atoms. The van der Waals surface area contributed by atoms with Gasteiger partial charge in [-0.25, -0.2) is 18.7 Å². The number of fused-ring (bicyclic) bond motifs is 1. The number of terminal acetylenes is 1. The maximum Gasteiger partial charge on any atom is 0.246 e. The smallest absolute Gasteiger partial charge is 0.246 e. The molecule has 2 N–H and O–H groups in total. The van der Waals surface area contributed by atoms with E-state index >= 15 is 0 Å². The SMILES string of the molecule is C#CN(CCOc1cc2ncnc(Nc3cnn(CC(=O)Nc4cccc(F)c4F)c3)c2cc1OC)C1CCOCC1. The molecular formula is C29H29F2N7O4. The highest BCUT2D eigenvalue weighted by molar-refractivity contribution is 5.93. The first-order chi connectivity index (χ1) is 20.4. The van der Waals surface area contributed by atoms with Crippen molar-refractivity contribution in [2.75, 3.05) is 44.1 Å². The highest BCUT2D eigenvalue weighted by atomic mass is 19.2. The van der Waals surface area contributed by atoms with Crippen LogP contribution in [0.3, 0.4) is 0 Å². The molecule has 0 aliphatic carbocycles. The third kappa shape index (κ3) is 6.67. The zero-order valence-electron chi connectivity index (χ0n) is 22.8. The molecule has 0 spiro atoms. The quantitative estimate of drug-likeness (QED) is 0.202. The molecule has 0 saturated carbocycles. The van der Waals surface area contributed by atoms with Gasteiger partial charge in [0.05, 0.1) is 36.7 Å². The van der Waals surface area contributed by atoms with Crippen molar-refractivity contribution in [2.24, 2.45) is 0 Å². The molecule has 3 heterocycles. The fourth-order valence-electron chi connectivity index (χ4n) is 4.63. The summed E-state index contributed by atoms with van der Waals surface area (Å²) in [6, 6.07) is 10.1. The number of rotatable bonds is 11. The van der Waals surface area contributed by atoms with Gasteiger partial charge in [-0.2, -0.15) is 5.10 Å². The Labute approximate surface area is 240 Å². The molecule has 0 unspecified atom stereocenters. The molecule has 1 amide bonds. The minimum absolute atomic E-state index is 0.220. The number of nitrogens with one attached hydrogen (secondary N) is 2. The van der Waals surface area contributed by atoms with E-state index in [1.807, 2.05) is 4.90 Å². The van der Waals surface area contributed by atoms with E-state index in [0.29, 0.717) is 60.3 Å². The molecular weight excluding hydrogens is 548 g/mol. The lowest BCUT2D eigenvalue weighted by Gasteiger charge is -2.31. The molecule has 1 fully saturated rings. The number of ether oxygens (including phenoxy) is 3. The van der Waals surface area contributed by atoms with Crippen LogP contribution in [0.25, 0.3) is 10.9 Å². The number of carbonyl (C=O) groups is 1. The summed E-state index contributed by atoms with van der Waals surface area (Å²) in [5.41, 5.74) is 0.912. The Morgan fingerprint density at radius 2 is 2.07 bits per heavy atom. The van der Waals surface area contributed by atoms with E-state index in [0.717, 1.165) is 18.9 Å². The van der Waals surface area contributed by atoms with Crippen LogP contribution in [0.15, 0.2) is 49.1 Å². The highest BCUT2D eigenvalue weighted by Crippen LogP contribution is 2.34. The lowest BCUT2D eigenvalue weighted by atomic mass is 10.1. The standard InChI is InChI=1S/C29H29F2N7O4/c1-3-37(20-7-10-41-11-8-20)9-12-42-26-14-24-21(13-25(26)40-2)29(33-18-32-24)35-19-15-34-38(16-19)17-27(39)36-23-6-4-5-22(30)28(23)31/h1,4-6,13-16,18,20H,7-12,17H2,2H3,(H,36,39)(H,32,33,35). The van der Waals surface area contributed by atoms with Crippen molar-refractivity contribution in [2.45, 2.75) is 25.4 Å². The van der Waals surface area contributed by atoms with Gasteiger partial charge in [0, 0.05) is 42.9 Å². The molecule has 2 aromatic carbocycles. The first kappa shape index (κ1) is 28.6. The zero-order chi connectivity index (χ0) is 29.5. The van der Waals surface area contributed by atoms with Crippen LogP contribution in [-0.4, -0.2) is 70.1 Å². The summed E-state index contributed by atoms with van der Waals surface area (Å²) in [7, 11) is 1.55. The summed E-state index contributed by atoms with van der Waals surface area (Å²) in [6.07, 6.45) is 12.0. The number of halogens is 2. The van der Waals surface area contributed by atoms with Gasteiger partial charge in [0.25, 0.3) is 0 Å². The zero-order valence-corrected chi connectivity index (χ0v) is 22.8. The number of nitrogens with zero attached hydrogens (tertiary/aromatic N) is 5. The number of anilines is 3. The number of hydrogen-bond donors (Lipinski definition) is 2. The second-order valence-corrected chi connectivity index (χ2v) is 9.46. The molecule has 218 valence electrons. The number of methoxy groups -OCH3 is 1. The Kier molecular flexibility index (Phi) is 8.93. The van der Waals surface area contributed by atoms with Gasteiger partial charge in [0.1, 0.15) is 25.3 Å². The van der Waals surface area contributed by atoms with Crippen LogP contribution in [0.5, 0.6) is 11.5 Å². The van der Waals surface area contributed by atoms with Gasteiger partial charge in [0.15, 0.2) is 23.1 Å².